The third kappa shape index (κ3) is 4.13. The summed E-state index contributed by atoms with van der Waals surface area (Å²) in [7, 11) is 0. The van der Waals surface area contributed by atoms with E-state index < -0.39 is 6.10 Å². The number of anilines is 1. The fourth-order valence-corrected chi connectivity index (χ4v) is 4.85. The number of ether oxygens (including phenoxy) is 1. The lowest BCUT2D eigenvalue weighted by Gasteiger charge is -2.42. The van der Waals surface area contributed by atoms with E-state index in [0.29, 0.717) is 18.0 Å². The monoisotopic (exact) mass is 406 g/mol. The molecule has 1 atom stereocenters. The normalized spacial score (nSPS) is 18.6. The molecule has 2 aromatic carbocycles. The molecule has 2 aromatic rings. The van der Waals surface area contributed by atoms with Gasteiger partial charge in [0, 0.05) is 18.9 Å². The van der Waals surface area contributed by atoms with Crippen LogP contribution in [0.2, 0.25) is 0 Å². The molecule has 1 saturated heterocycles. The molecule has 0 unspecified atom stereocenters. The predicted octanol–water partition coefficient (Wildman–Crippen LogP) is 3.84. The molecule has 1 spiro atoms. The number of nitrogens with one attached hydrogen (secondary N) is 1. The molecule has 1 fully saturated rings. The molecule has 1 heterocycles. The molecule has 0 bridgehead atoms. The van der Waals surface area contributed by atoms with Crippen molar-refractivity contribution in [3.05, 3.63) is 65.2 Å². The molecule has 30 heavy (non-hydrogen) atoms. The van der Waals surface area contributed by atoms with Gasteiger partial charge < -0.3 is 20.1 Å². The van der Waals surface area contributed by atoms with Crippen LogP contribution in [0.3, 0.4) is 0 Å². The van der Waals surface area contributed by atoms with Crippen molar-refractivity contribution < 1.29 is 14.6 Å². The van der Waals surface area contributed by atoms with E-state index in [-0.39, 0.29) is 17.9 Å². The highest BCUT2D eigenvalue weighted by atomic mass is 16.5. The Hall–Kier alpha value is -2.63. The second kappa shape index (κ2) is 8.62. The summed E-state index contributed by atoms with van der Waals surface area (Å²) in [4.78, 5) is 13.7. The van der Waals surface area contributed by atoms with E-state index in [1.54, 1.807) is 12.1 Å². The van der Waals surface area contributed by atoms with Gasteiger partial charge in [-0.1, -0.05) is 48.0 Å². The van der Waals surface area contributed by atoms with Gasteiger partial charge in [-0.2, -0.15) is 0 Å². The Kier molecular flexibility index (Phi) is 5.93. The molecular weight excluding hydrogens is 376 g/mol. The molecule has 4 rings (SSSR count). The van der Waals surface area contributed by atoms with Crippen LogP contribution in [0.25, 0.3) is 6.08 Å². The van der Waals surface area contributed by atoms with Gasteiger partial charge >= 0.3 is 0 Å². The second-order valence-corrected chi connectivity index (χ2v) is 8.44. The van der Waals surface area contributed by atoms with Crippen molar-refractivity contribution in [2.75, 3.05) is 31.6 Å². The summed E-state index contributed by atoms with van der Waals surface area (Å²) in [6, 6.07) is 16.0. The Bertz CT molecular complexity index is 945. The number of aliphatic hydroxyl groups excluding tert-OH is 1. The van der Waals surface area contributed by atoms with Gasteiger partial charge in [-0.05, 0) is 56.1 Å². The molecule has 0 radical (unpaired) electrons. The van der Waals surface area contributed by atoms with Gasteiger partial charge in [0.1, 0.15) is 18.5 Å². The first-order chi connectivity index (χ1) is 14.5. The van der Waals surface area contributed by atoms with Crippen molar-refractivity contribution in [1.82, 2.24) is 4.90 Å². The summed E-state index contributed by atoms with van der Waals surface area (Å²) in [6.07, 6.45) is 3.90. The maximum Gasteiger partial charge on any atom is 0.221 e. The fourth-order valence-electron chi connectivity index (χ4n) is 4.85. The van der Waals surface area contributed by atoms with Gasteiger partial charge in [0.2, 0.25) is 5.91 Å². The van der Waals surface area contributed by atoms with E-state index in [1.165, 1.54) is 23.6 Å². The molecule has 158 valence electrons. The second-order valence-electron chi connectivity index (χ2n) is 8.44. The van der Waals surface area contributed by atoms with E-state index >= 15 is 0 Å². The summed E-state index contributed by atoms with van der Waals surface area (Å²) in [6.45, 7) is 6.42. The molecule has 1 amide bonds. The molecule has 2 N–H and O–H groups in total. The van der Waals surface area contributed by atoms with E-state index in [9.17, 15) is 9.90 Å². The van der Waals surface area contributed by atoms with Crippen LogP contribution in [0.5, 0.6) is 5.75 Å². The smallest absolute Gasteiger partial charge is 0.221 e. The van der Waals surface area contributed by atoms with Crippen LogP contribution in [0.1, 0.15) is 37.8 Å². The van der Waals surface area contributed by atoms with Crippen LogP contribution in [-0.2, 0) is 10.2 Å². The van der Waals surface area contributed by atoms with Crippen LogP contribution in [-0.4, -0.2) is 48.3 Å². The first kappa shape index (κ1) is 20.6. The molecule has 0 saturated carbocycles. The number of aliphatic hydroxyl groups is 1. The number of β-amino-alcohol motifs (C(OH)–C–C–N with tert-alkyl or cyclic N) is 1. The zero-order valence-electron chi connectivity index (χ0n) is 17.7. The number of likely N-dealkylation sites (tertiary alicyclic amines) is 1. The minimum Gasteiger partial charge on any atom is -0.489 e. The molecule has 2 aliphatic rings. The summed E-state index contributed by atoms with van der Waals surface area (Å²) >= 11 is 0. The summed E-state index contributed by atoms with van der Waals surface area (Å²) in [5.41, 5.74) is 5.06. The Morgan fingerprint density at radius 2 is 1.87 bits per heavy atom. The Morgan fingerprint density at radius 1 is 1.17 bits per heavy atom. The number of benzene rings is 2. The Labute approximate surface area is 178 Å². The first-order valence-electron chi connectivity index (χ1n) is 10.7. The molecule has 1 aliphatic carbocycles. The first-order valence-corrected chi connectivity index (χ1v) is 10.7. The zero-order valence-corrected chi connectivity index (χ0v) is 17.7. The topological polar surface area (TPSA) is 61.8 Å². The van der Waals surface area contributed by atoms with Crippen molar-refractivity contribution in [3.8, 4) is 5.75 Å². The van der Waals surface area contributed by atoms with Crippen LogP contribution in [0.15, 0.2) is 54.1 Å². The standard InChI is InChI=1S/C25H30N2O3/c1-18-15-20-7-3-4-8-22(20)25(18)11-13-27(14-12-25)16-21(29)17-30-24-10-6-5-9-23(24)26-19(2)28/h3-10,15,21,29H,11-14,16-17H2,1-2H3,(H,26,28)/t21-/m0/s1. The fraction of sp³-hybridized carbons (Fsp3) is 0.400. The van der Waals surface area contributed by atoms with E-state index in [0.717, 1.165) is 25.9 Å². The number of hydrogen-bond acceptors (Lipinski definition) is 4. The number of carbonyl (C=O) groups is 1. The lowest BCUT2D eigenvalue weighted by molar-refractivity contribution is -0.114. The number of para-hydroxylation sites is 2. The van der Waals surface area contributed by atoms with Gasteiger partial charge in [0.05, 0.1) is 5.69 Å². The predicted molar refractivity (Wildman–Crippen MR) is 120 cm³/mol. The van der Waals surface area contributed by atoms with Crippen molar-refractivity contribution in [3.63, 3.8) is 0 Å². The number of amides is 1. The number of nitrogens with zero attached hydrogens (tertiary/aromatic N) is 1. The summed E-state index contributed by atoms with van der Waals surface area (Å²) in [5, 5.41) is 13.3. The maximum absolute atomic E-state index is 11.3. The lowest BCUT2D eigenvalue weighted by atomic mass is 9.70. The number of piperidine rings is 1. The number of carbonyl (C=O) groups excluding carboxylic acids is 1. The molecule has 5 nitrogen and oxygen atoms in total. The average molecular weight is 407 g/mol. The van der Waals surface area contributed by atoms with Gasteiger partial charge in [-0.3, -0.25) is 4.79 Å². The van der Waals surface area contributed by atoms with Gasteiger partial charge in [0.15, 0.2) is 0 Å². The van der Waals surface area contributed by atoms with Crippen LogP contribution >= 0.6 is 0 Å². The van der Waals surface area contributed by atoms with Crippen molar-refractivity contribution in [2.45, 2.75) is 38.2 Å². The van der Waals surface area contributed by atoms with Crippen molar-refractivity contribution in [2.24, 2.45) is 0 Å². The van der Waals surface area contributed by atoms with Crippen LogP contribution in [0, 0.1) is 0 Å². The molecular formula is C25H30N2O3. The lowest BCUT2D eigenvalue weighted by Crippen LogP contribution is -2.46. The quantitative estimate of drug-likeness (QED) is 0.765. The average Bonchev–Trinajstić information content (AvgIpc) is 3.00. The van der Waals surface area contributed by atoms with Gasteiger partial charge in [-0.25, -0.2) is 0 Å². The van der Waals surface area contributed by atoms with Crippen LogP contribution < -0.4 is 10.1 Å². The molecule has 1 aliphatic heterocycles. The summed E-state index contributed by atoms with van der Waals surface area (Å²) < 4.78 is 5.80. The highest BCUT2D eigenvalue weighted by Gasteiger charge is 2.41. The minimum absolute atomic E-state index is 0.147. The number of rotatable bonds is 6. The van der Waals surface area contributed by atoms with Crippen molar-refractivity contribution >= 4 is 17.7 Å². The largest absolute Gasteiger partial charge is 0.489 e. The summed E-state index contributed by atoms with van der Waals surface area (Å²) in [5.74, 6) is 0.430. The molecule has 5 heteroatoms. The van der Waals surface area contributed by atoms with Crippen LogP contribution in [0.4, 0.5) is 5.69 Å². The van der Waals surface area contributed by atoms with E-state index in [1.807, 2.05) is 12.1 Å². The maximum atomic E-state index is 11.3. The van der Waals surface area contributed by atoms with Gasteiger partial charge in [0.25, 0.3) is 0 Å². The van der Waals surface area contributed by atoms with Gasteiger partial charge in [-0.15, -0.1) is 0 Å². The zero-order chi connectivity index (χ0) is 21.1. The Balaban J connectivity index is 1.31. The Morgan fingerprint density at radius 3 is 2.63 bits per heavy atom. The number of hydrogen-bond donors (Lipinski definition) is 2. The number of fused-ring (bicyclic) bond motifs is 2. The third-order valence-electron chi connectivity index (χ3n) is 6.41. The highest BCUT2D eigenvalue weighted by Crippen LogP contribution is 2.48. The minimum atomic E-state index is -0.586. The number of allylic oxidation sites excluding steroid dienone is 1. The molecule has 0 aromatic heterocycles. The highest BCUT2D eigenvalue weighted by molar-refractivity contribution is 5.90. The van der Waals surface area contributed by atoms with E-state index in [2.05, 4.69) is 47.5 Å². The third-order valence-corrected chi connectivity index (χ3v) is 6.41. The SMILES string of the molecule is CC(=O)Nc1ccccc1OC[C@@H](O)CN1CCC2(CC1)C(C)=Cc1ccccc12. The van der Waals surface area contributed by atoms with E-state index in [4.69, 9.17) is 4.74 Å². The van der Waals surface area contributed by atoms with Crippen molar-refractivity contribution in [1.29, 1.82) is 0 Å².